The van der Waals surface area contributed by atoms with E-state index in [1.807, 2.05) is 13.8 Å². The average Bonchev–Trinajstić information content (AvgIpc) is 2.62. The van der Waals surface area contributed by atoms with Crippen LogP contribution in [-0.4, -0.2) is 35.4 Å². The largest absolute Gasteiger partial charge is 0.352 e. The van der Waals surface area contributed by atoms with Crippen molar-refractivity contribution in [3.05, 3.63) is 54.2 Å². The third-order valence-corrected chi connectivity index (χ3v) is 3.37. The van der Waals surface area contributed by atoms with Crippen molar-refractivity contribution >= 4 is 29.4 Å². The Kier molecular flexibility index (Phi) is 7.30. The SMILES string of the molecule is CC(C)NC(=O)Nc1cccc(C(=O)NCCC(=O)Nc2ccccn2)c1. The highest BCUT2D eigenvalue weighted by atomic mass is 16.2. The first kappa shape index (κ1) is 19.9. The van der Waals surface area contributed by atoms with Crippen molar-refractivity contribution in [1.82, 2.24) is 15.6 Å². The summed E-state index contributed by atoms with van der Waals surface area (Å²) in [7, 11) is 0. The number of amides is 4. The molecule has 0 aliphatic rings. The molecule has 27 heavy (non-hydrogen) atoms. The molecule has 142 valence electrons. The van der Waals surface area contributed by atoms with Crippen molar-refractivity contribution in [2.75, 3.05) is 17.2 Å². The normalized spacial score (nSPS) is 10.2. The Balaban J connectivity index is 1.81. The van der Waals surface area contributed by atoms with Crippen LogP contribution in [0.15, 0.2) is 48.7 Å². The summed E-state index contributed by atoms with van der Waals surface area (Å²) in [5.74, 6) is -0.101. The van der Waals surface area contributed by atoms with Gasteiger partial charge in [0.05, 0.1) is 0 Å². The molecule has 0 atom stereocenters. The van der Waals surface area contributed by atoms with Crippen LogP contribution in [0.3, 0.4) is 0 Å². The number of aromatic nitrogens is 1. The van der Waals surface area contributed by atoms with Gasteiger partial charge in [-0.3, -0.25) is 9.59 Å². The average molecular weight is 369 g/mol. The Morgan fingerprint density at radius 3 is 2.56 bits per heavy atom. The van der Waals surface area contributed by atoms with Crippen molar-refractivity contribution in [3.8, 4) is 0 Å². The first-order valence-corrected chi connectivity index (χ1v) is 8.60. The van der Waals surface area contributed by atoms with E-state index < -0.39 is 0 Å². The molecule has 0 spiro atoms. The maximum atomic E-state index is 12.2. The van der Waals surface area contributed by atoms with Crippen LogP contribution in [0.2, 0.25) is 0 Å². The minimum atomic E-state index is -0.339. The molecule has 1 heterocycles. The smallest absolute Gasteiger partial charge is 0.319 e. The summed E-state index contributed by atoms with van der Waals surface area (Å²) >= 11 is 0. The van der Waals surface area contributed by atoms with E-state index in [1.165, 1.54) is 0 Å². The lowest BCUT2D eigenvalue weighted by atomic mass is 10.2. The van der Waals surface area contributed by atoms with Gasteiger partial charge in [-0.25, -0.2) is 9.78 Å². The maximum Gasteiger partial charge on any atom is 0.319 e. The van der Waals surface area contributed by atoms with Gasteiger partial charge in [0.2, 0.25) is 5.91 Å². The number of urea groups is 1. The summed E-state index contributed by atoms with van der Waals surface area (Å²) in [5.41, 5.74) is 0.899. The first-order chi connectivity index (χ1) is 12.9. The molecular formula is C19H23N5O3. The third kappa shape index (κ3) is 7.15. The zero-order valence-corrected chi connectivity index (χ0v) is 15.3. The van der Waals surface area contributed by atoms with E-state index in [4.69, 9.17) is 0 Å². The van der Waals surface area contributed by atoms with Crippen molar-refractivity contribution in [2.45, 2.75) is 26.3 Å². The lowest BCUT2D eigenvalue weighted by Gasteiger charge is -2.11. The molecule has 1 aromatic heterocycles. The van der Waals surface area contributed by atoms with Gasteiger partial charge in [-0.05, 0) is 44.2 Å². The molecule has 0 bridgehead atoms. The molecule has 0 saturated carbocycles. The third-order valence-electron chi connectivity index (χ3n) is 3.37. The Bertz CT molecular complexity index is 793. The van der Waals surface area contributed by atoms with Crippen LogP contribution >= 0.6 is 0 Å². The number of pyridine rings is 1. The quantitative estimate of drug-likeness (QED) is 0.600. The molecule has 0 aliphatic carbocycles. The Labute approximate surface area is 157 Å². The molecular weight excluding hydrogens is 346 g/mol. The number of anilines is 2. The van der Waals surface area contributed by atoms with Gasteiger partial charge in [0.1, 0.15) is 5.82 Å². The van der Waals surface area contributed by atoms with E-state index in [0.29, 0.717) is 17.1 Å². The van der Waals surface area contributed by atoms with Crippen molar-refractivity contribution < 1.29 is 14.4 Å². The monoisotopic (exact) mass is 369 g/mol. The molecule has 0 fully saturated rings. The molecule has 1 aromatic carbocycles. The Morgan fingerprint density at radius 1 is 1.04 bits per heavy atom. The number of hydrogen-bond donors (Lipinski definition) is 4. The minimum absolute atomic E-state index is 0.00807. The Morgan fingerprint density at radius 2 is 1.85 bits per heavy atom. The molecule has 8 nitrogen and oxygen atoms in total. The number of nitrogens with one attached hydrogen (secondary N) is 4. The number of hydrogen-bond acceptors (Lipinski definition) is 4. The first-order valence-electron chi connectivity index (χ1n) is 8.60. The number of rotatable bonds is 7. The minimum Gasteiger partial charge on any atom is -0.352 e. The van der Waals surface area contributed by atoms with Crippen LogP contribution in [0.25, 0.3) is 0 Å². The van der Waals surface area contributed by atoms with Crippen LogP contribution in [0.4, 0.5) is 16.3 Å². The zero-order chi connectivity index (χ0) is 19.6. The second-order valence-electron chi connectivity index (χ2n) is 6.10. The highest BCUT2D eigenvalue weighted by molar-refractivity contribution is 5.97. The van der Waals surface area contributed by atoms with Gasteiger partial charge in [0.25, 0.3) is 5.91 Å². The van der Waals surface area contributed by atoms with Gasteiger partial charge in [0.15, 0.2) is 0 Å². The van der Waals surface area contributed by atoms with Gasteiger partial charge in [-0.1, -0.05) is 12.1 Å². The maximum absolute atomic E-state index is 12.2. The number of carbonyl (C=O) groups is 3. The van der Waals surface area contributed by atoms with Crippen LogP contribution in [0, 0.1) is 0 Å². The van der Waals surface area contributed by atoms with Crippen LogP contribution < -0.4 is 21.3 Å². The summed E-state index contributed by atoms with van der Waals surface area (Å²) in [5, 5.41) is 10.7. The van der Waals surface area contributed by atoms with E-state index in [9.17, 15) is 14.4 Å². The molecule has 4 amide bonds. The van der Waals surface area contributed by atoms with Crippen LogP contribution in [0.1, 0.15) is 30.6 Å². The predicted molar refractivity (Wildman–Crippen MR) is 104 cm³/mol. The van der Waals surface area contributed by atoms with Gasteiger partial charge < -0.3 is 21.3 Å². The Hall–Kier alpha value is -3.42. The molecule has 0 aliphatic heterocycles. The fourth-order valence-corrected chi connectivity index (χ4v) is 2.20. The summed E-state index contributed by atoms with van der Waals surface area (Å²) in [6, 6.07) is 11.5. The van der Waals surface area contributed by atoms with Crippen LogP contribution in [0.5, 0.6) is 0 Å². The fraction of sp³-hybridized carbons (Fsp3) is 0.263. The van der Waals surface area contributed by atoms with Crippen molar-refractivity contribution in [1.29, 1.82) is 0 Å². The predicted octanol–water partition coefficient (Wildman–Crippen LogP) is 2.37. The topological polar surface area (TPSA) is 112 Å². The van der Waals surface area contributed by atoms with E-state index in [2.05, 4.69) is 26.3 Å². The fourth-order valence-electron chi connectivity index (χ4n) is 2.20. The van der Waals surface area contributed by atoms with Crippen molar-refractivity contribution in [2.24, 2.45) is 0 Å². The van der Waals surface area contributed by atoms with E-state index in [-0.39, 0.29) is 36.9 Å². The summed E-state index contributed by atoms with van der Waals surface area (Å²) < 4.78 is 0. The van der Waals surface area contributed by atoms with Gasteiger partial charge in [-0.15, -0.1) is 0 Å². The summed E-state index contributed by atoms with van der Waals surface area (Å²) in [6.07, 6.45) is 1.71. The van der Waals surface area contributed by atoms with Crippen LogP contribution in [-0.2, 0) is 4.79 Å². The molecule has 4 N–H and O–H groups in total. The van der Waals surface area contributed by atoms with Crippen molar-refractivity contribution in [3.63, 3.8) is 0 Å². The number of nitrogens with zero attached hydrogens (tertiary/aromatic N) is 1. The zero-order valence-electron chi connectivity index (χ0n) is 15.3. The molecule has 8 heteroatoms. The molecule has 2 rings (SSSR count). The van der Waals surface area contributed by atoms with E-state index in [0.717, 1.165) is 0 Å². The standard InChI is InChI=1S/C19H23N5O3/c1-13(2)22-19(27)23-15-7-5-6-14(12-15)18(26)21-11-9-17(25)24-16-8-3-4-10-20-16/h3-8,10,12-13H,9,11H2,1-2H3,(H,21,26)(H,20,24,25)(H2,22,23,27). The molecule has 0 unspecified atom stereocenters. The number of carbonyl (C=O) groups excluding carboxylic acids is 3. The van der Waals surface area contributed by atoms with Gasteiger partial charge in [0, 0.05) is 36.5 Å². The second-order valence-corrected chi connectivity index (χ2v) is 6.10. The second kappa shape index (κ2) is 9.91. The highest BCUT2D eigenvalue weighted by Gasteiger charge is 2.09. The summed E-state index contributed by atoms with van der Waals surface area (Å²) in [4.78, 5) is 39.8. The lowest BCUT2D eigenvalue weighted by Crippen LogP contribution is -2.34. The highest BCUT2D eigenvalue weighted by Crippen LogP contribution is 2.10. The summed E-state index contributed by atoms with van der Waals surface area (Å²) in [6.45, 7) is 3.89. The van der Waals surface area contributed by atoms with Gasteiger partial charge >= 0.3 is 6.03 Å². The molecule has 2 aromatic rings. The molecule has 0 saturated heterocycles. The molecule has 0 radical (unpaired) electrons. The van der Waals surface area contributed by atoms with Gasteiger partial charge in [-0.2, -0.15) is 0 Å². The lowest BCUT2D eigenvalue weighted by molar-refractivity contribution is -0.116. The van der Waals surface area contributed by atoms with E-state index in [1.54, 1.807) is 48.7 Å². The number of benzene rings is 1. The van der Waals surface area contributed by atoms with E-state index >= 15 is 0 Å².